The largest absolute Gasteiger partial charge is 0.419 e. The van der Waals surface area contributed by atoms with Crippen LogP contribution in [0.4, 0.5) is 18.9 Å². The van der Waals surface area contributed by atoms with Crippen LogP contribution in [-0.4, -0.2) is 4.98 Å². The van der Waals surface area contributed by atoms with Gasteiger partial charge in [0.25, 0.3) is 0 Å². The maximum absolute atomic E-state index is 12.2. The average Bonchev–Trinajstić information content (AvgIpc) is 2.01. The second-order valence-corrected chi connectivity index (χ2v) is 2.26. The molecule has 1 aromatic rings. The number of nitriles is 1. The van der Waals surface area contributed by atoms with Crippen molar-refractivity contribution in [2.45, 2.75) is 6.18 Å². The van der Waals surface area contributed by atoms with Crippen molar-refractivity contribution in [2.75, 3.05) is 5.73 Å². The van der Waals surface area contributed by atoms with Crippen molar-refractivity contribution in [2.24, 2.45) is 0 Å². The molecule has 2 N–H and O–H groups in total. The Balaban J connectivity index is 3.43. The van der Waals surface area contributed by atoms with Crippen LogP contribution in [0.5, 0.6) is 0 Å². The van der Waals surface area contributed by atoms with E-state index in [-0.39, 0.29) is 0 Å². The molecule has 0 saturated carbocycles. The number of nitrogens with zero attached hydrogens (tertiary/aromatic N) is 2. The smallest absolute Gasteiger partial charge is 0.397 e. The van der Waals surface area contributed by atoms with Crippen molar-refractivity contribution in [3.63, 3.8) is 0 Å². The minimum atomic E-state index is -4.61. The standard InChI is InChI=1S/C7H4F3N3/c8-7(9,10)6-4(1-11)2-13-3-5(6)12/h2-3H,12H2. The van der Waals surface area contributed by atoms with Gasteiger partial charge < -0.3 is 5.73 Å². The Morgan fingerprint density at radius 2 is 2.00 bits per heavy atom. The zero-order chi connectivity index (χ0) is 10.1. The van der Waals surface area contributed by atoms with Crippen LogP contribution in [0, 0.1) is 11.3 Å². The number of aromatic nitrogens is 1. The van der Waals surface area contributed by atoms with E-state index in [1.807, 2.05) is 0 Å². The molecule has 0 bridgehead atoms. The minimum Gasteiger partial charge on any atom is -0.397 e. The van der Waals surface area contributed by atoms with Crippen molar-refractivity contribution in [3.8, 4) is 6.07 Å². The van der Waals surface area contributed by atoms with E-state index in [1.165, 1.54) is 6.07 Å². The number of nitrogens with two attached hydrogens (primary N) is 1. The third-order valence-electron chi connectivity index (χ3n) is 1.38. The molecule has 68 valence electrons. The summed E-state index contributed by atoms with van der Waals surface area (Å²) in [6.45, 7) is 0. The van der Waals surface area contributed by atoms with Crippen molar-refractivity contribution in [3.05, 3.63) is 23.5 Å². The third kappa shape index (κ3) is 1.69. The summed E-state index contributed by atoms with van der Waals surface area (Å²) in [5, 5.41) is 8.36. The summed E-state index contributed by atoms with van der Waals surface area (Å²) >= 11 is 0. The monoisotopic (exact) mass is 187 g/mol. The summed E-state index contributed by atoms with van der Waals surface area (Å²) in [5.41, 5.74) is 2.83. The molecule has 0 aliphatic rings. The highest BCUT2D eigenvalue weighted by Gasteiger charge is 2.36. The third-order valence-corrected chi connectivity index (χ3v) is 1.38. The van der Waals surface area contributed by atoms with Crippen LogP contribution in [-0.2, 0) is 6.18 Å². The predicted molar refractivity (Wildman–Crippen MR) is 38.4 cm³/mol. The molecule has 1 aromatic heterocycles. The van der Waals surface area contributed by atoms with E-state index in [0.29, 0.717) is 0 Å². The highest BCUT2D eigenvalue weighted by molar-refractivity contribution is 5.54. The van der Waals surface area contributed by atoms with Gasteiger partial charge in [-0.3, -0.25) is 4.98 Å². The SMILES string of the molecule is N#Cc1cncc(N)c1C(F)(F)F. The maximum Gasteiger partial charge on any atom is 0.419 e. The number of hydrogen-bond donors (Lipinski definition) is 1. The normalized spacial score (nSPS) is 10.9. The number of nitrogen functional groups attached to an aromatic ring is 1. The number of anilines is 1. The molecule has 1 heterocycles. The second kappa shape index (κ2) is 2.94. The van der Waals surface area contributed by atoms with Crippen molar-refractivity contribution >= 4 is 5.69 Å². The van der Waals surface area contributed by atoms with Crippen molar-refractivity contribution < 1.29 is 13.2 Å². The quantitative estimate of drug-likeness (QED) is 0.670. The van der Waals surface area contributed by atoms with Crippen LogP contribution < -0.4 is 5.73 Å². The zero-order valence-corrected chi connectivity index (χ0v) is 6.26. The molecule has 0 aliphatic carbocycles. The van der Waals surface area contributed by atoms with Crippen LogP contribution >= 0.6 is 0 Å². The molecule has 6 heteroatoms. The average molecular weight is 187 g/mol. The van der Waals surface area contributed by atoms with E-state index in [9.17, 15) is 13.2 Å². The van der Waals surface area contributed by atoms with Gasteiger partial charge in [-0.05, 0) is 0 Å². The zero-order valence-electron chi connectivity index (χ0n) is 6.26. The lowest BCUT2D eigenvalue weighted by Crippen LogP contribution is -2.11. The van der Waals surface area contributed by atoms with E-state index >= 15 is 0 Å². The first kappa shape index (κ1) is 9.32. The highest BCUT2D eigenvalue weighted by Crippen LogP contribution is 2.35. The summed E-state index contributed by atoms with van der Waals surface area (Å²) in [6, 6.07) is 1.38. The lowest BCUT2D eigenvalue weighted by molar-refractivity contribution is -0.137. The predicted octanol–water partition coefficient (Wildman–Crippen LogP) is 1.55. The molecule has 0 aromatic carbocycles. The molecule has 0 radical (unpaired) electrons. The fourth-order valence-electron chi connectivity index (χ4n) is 0.878. The Morgan fingerprint density at radius 1 is 1.38 bits per heavy atom. The molecular formula is C7H4F3N3. The maximum atomic E-state index is 12.2. The van der Waals surface area contributed by atoms with Crippen molar-refractivity contribution in [1.82, 2.24) is 4.98 Å². The first-order valence-corrected chi connectivity index (χ1v) is 3.17. The van der Waals surface area contributed by atoms with Gasteiger partial charge in [0.2, 0.25) is 0 Å². The minimum absolute atomic E-state index is 0.536. The summed E-state index contributed by atoms with van der Waals surface area (Å²) < 4.78 is 36.7. The lowest BCUT2D eigenvalue weighted by Gasteiger charge is -2.09. The molecule has 1 rings (SSSR count). The summed E-state index contributed by atoms with van der Waals surface area (Å²) in [7, 11) is 0. The van der Waals surface area contributed by atoms with Crippen LogP contribution in [0.2, 0.25) is 0 Å². The first-order valence-electron chi connectivity index (χ1n) is 3.17. The van der Waals surface area contributed by atoms with Gasteiger partial charge >= 0.3 is 6.18 Å². The Kier molecular flexibility index (Phi) is 2.10. The van der Waals surface area contributed by atoms with Crippen LogP contribution in [0.25, 0.3) is 0 Å². The van der Waals surface area contributed by atoms with E-state index in [2.05, 4.69) is 4.98 Å². The topological polar surface area (TPSA) is 62.7 Å². The second-order valence-electron chi connectivity index (χ2n) is 2.26. The number of rotatable bonds is 0. The van der Waals surface area contributed by atoms with E-state index in [0.717, 1.165) is 12.4 Å². The van der Waals surface area contributed by atoms with Crippen molar-refractivity contribution in [1.29, 1.82) is 5.26 Å². The van der Waals surface area contributed by atoms with Crippen LogP contribution in [0.15, 0.2) is 12.4 Å². The molecule has 13 heavy (non-hydrogen) atoms. The summed E-state index contributed by atoms with van der Waals surface area (Å²) in [4.78, 5) is 3.38. The Hall–Kier alpha value is -1.77. The number of alkyl halides is 3. The molecule has 0 spiro atoms. The van der Waals surface area contributed by atoms with E-state index in [4.69, 9.17) is 11.0 Å². The number of halogens is 3. The molecule has 0 fully saturated rings. The molecule has 0 saturated heterocycles. The van der Waals surface area contributed by atoms with Gasteiger partial charge in [0, 0.05) is 6.20 Å². The molecule has 0 atom stereocenters. The molecular weight excluding hydrogens is 183 g/mol. The lowest BCUT2D eigenvalue weighted by atomic mass is 10.1. The Morgan fingerprint density at radius 3 is 2.38 bits per heavy atom. The molecule has 3 nitrogen and oxygen atoms in total. The molecule has 0 aliphatic heterocycles. The van der Waals surface area contributed by atoms with E-state index in [1.54, 1.807) is 0 Å². The molecule has 0 unspecified atom stereocenters. The fraction of sp³-hybridized carbons (Fsp3) is 0.143. The Bertz CT molecular complexity index is 364. The van der Waals surface area contributed by atoms with E-state index < -0.39 is 23.0 Å². The number of pyridine rings is 1. The summed E-state index contributed by atoms with van der Waals surface area (Å²) in [6.07, 6.45) is -2.92. The van der Waals surface area contributed by atoms with Gasteiger partial charge in [-0.2, -0.15) is 18.4 Å². The van der Waals surface area contributed by atoms with Crippen LogP contribution in [0.1, 0.15) is 11.1 Å². The van der Waals surface area contributed by atoms with Gasteiger partial charge in [-0.1, -0.05) is 0 Å². The van der Waals surface area contributed by atoms with Gasteiger partial charge in [0.1, 0.15) is 6.07 Å². The number of hydrogen-bond acceptors (Lipinski definition) is 3. The highest BCUT2D eigenvalue weighted by atomic mass is 19.4. The molecule has 0 amide bonds. The summed E-state index contributed by atoms with van der Waals surface area (Å²) in [5.74, 6) is 0. The fourth-order valence-corrected chi connectivity index (χ4v) is 0.878. The first-order chi connectivity index (χ1) is 5.96. The van der Waals surface area contributed by atoms with Crippen LogP contribution in [0.3, 0.4) is 0 Å². The van der Waals surface area contributed by atoms with Gasteiger partial charge in [-0.15, -0.1) is 0 Å². The van der Waals surface area contributed by atoms with Gasteiger partial charge in [0.05, 0.1) is 23.0 Å². The Labute approximate surface area is 71.6 Å². The van der Waals surface area contributed by atoms with Gasteiger partial charge in [0.15, 0.2) is 0 Å². The van der Waals surface area contributed by atoms with Gasteiger partial charge in [-0.25, -0.2) is 0 Å².